The van der Waals surface area contributed by atoms with Crippen LogP contribution in [0, 0.1) is 13.8 Å². The summed E-state index contributed by atoms with van der Waals surface area (Å²) in [7, 11) is 0. The molecule has 30 heavy (non-hydrogen) atoms. The van der Waals surface area contributed by atoms with Gasteiger partial charge in [0.15, 0.2) is 10.8 Å². The molecule has 1 saturated heterocycles. The maximum absolute atomic E-state index is 13.2. The number of rotatable bonds is 6. The fraction of sp³-hybridized carbons (Fsp3) is 0.417. The highest BCUT2D eigenvalue weighted by atomic mass is 32.1. The van der Waals surface area contributed by atoms with Gasteiger partial charge in [-0.15, -0.1) is 11.3 Å². The minimum Gasteiger partial charge on any atom is -0.459 e. The van der Waals surface area contributed by atoms with E-state index in [0.29, 0.717) is 0 Å². The van der Waals surface area contributed by atoms with E-state index < -0.39 is 0 Å². The Hall–Kier alpha value is -2.44. The molecule has 0 N–H and O–H groups in total. The van der Waals surface area contributed by atoms with Crippen LogP contribution in [0.25, 0.3) is 10.8 Å². The van der Waals surface area contributed by atoms with Crippen molar-refractivity contribution in [2.45, 2.75) is 33.1 Å². The van der Waals surface area contributed by atoms with Crippen LogP contribution in [-0.2, 0) is 6.42 Å². The van der Waals surface area contributed by atoms with Crippen molar-refractivity contribution in [2.75, 3.05) is 32.7 Å². The summed E-state index contributed by atoms with van der Waals surface area (Å²) >= 11 is 1.44. The first-order valence-corrected chi connectivity index (χ1v) is 11.5. The van der Waals surface area contributed by atoms with Gasteiger partial charge in [-0.2, -0.15) is 0 Å². The maximum Gasteiger partial charge on any atom is 0.265 e. The largest absolute Gasteiger partial charge is 0.459 e. The van der Waals surface area contributed by atoms with Crippen molar-refractivity contribution in [3.63, 3.8) is 0 Å². The Morgan fingerprint density at radius 2 is 1.90 bits per heavy atom. The number of carbonyl (C=O) groups excluding carboxylic acids is 1. The Balaban J connectivity index is 1.33. The van der Waals surface area contributed by atoms with E-state index in [1.165, 1.54) is 16.9 Å². The average Bonchev–Trinajstić information content (AvgIpc) is 3.27. The van der Waals surface area contributed by atoms with Gasteiger partial charge in [0.2, 0.25) is 0 Å². The van der Waals surface area contributed by atoms with Crippen molar-refractivity contribution in [2.24, 2.45) is 0 Å². The summed E-state index contributed by atoms with van der Waals surface area (Å²) in [5, 5.41) is 0.779. The normalized spacial score (nSPS) is 15.3. The smallest absolute Gasteiger partial charge is 0.265 e. The van der Waals surface area contributed by atoms with E-state index in [1.807, 2.05) is 30.9 Å². The Bertz CT molecular complexity index is 980. The zero-order valence-electron chi connectivity index (χ0n) is 17.8. The van der Waals surface area contributed by atoms with E-state index in [1.54, 1.807) is 0 Å². The fourth-order valence-corrected chi connectivity index (χ4v) is 4.94. The Labute approximate surface area is 182 Å². The number of amides is 1. The number of aromatic nitrogens is 1. The predicted molar refractivity (Wildman–Crippen MR) is 121 cm³/mol. The van der Waals surface area contributed by atoms with Crippen molar-refractivity contribution in [1.29, 1.82) is 0 Å². The Kier molecular flexibility index (Phi) is 6.65. The molecule has 3 heterocycles. The molecule has 0 aliphatic carbocycles. The second kappa shape index (κ2) is 9.58. The van der Waals surface area contributed by atoms with E-state index in [0.717, 1.165) is 79.1 Å². The molecule has 0 spiro atoms. The molecule has 0 saturated carbocycles. The predicted octanol–water partition coefficient (Wildman–Crippen LogP) is 4.80. The molecule has 0 unspecified atom stereocenters. The summed E-state index contributed by atoms with van der Waals surface area (Å²) < 4.78 is 5.68. The number of thiazole rings is 1. The number of nitrogens with zero attached hydrogens (tertiary/aromatic N) is 3. The van der Waals surface area contributed by atoms with Crippen LogP contribution in [0.3, 0.4) is 0 Å². The number of furan rings is 1. The summed E-state index contributed by atoms with van der Waals surface area (Å²) in [5.74, 6) is 1.69. The second-order valence-electron chi connectivity index (χ2n) is 7.92. The summed E-state index contributed by atoms with van der Waals surface area (Å²) in [5.41, 5.74) is 2.19. The number of carbonyl (C=O) groups is 1. The highest BCUT2D eigenvalue weighted by Crippen LogP contribution is 2.30. The van der Waals surface area contributed by atoms with Gasteiger partial charge in [-0.3, -0.25) is 4.79 Å². The van der Waals surface area contributed by atoms with Gasteiger partial charge in [-0.05, 0) is 63.9 Å². The quantitative estimate of drug-likeness (QED) is 0.571. The molecule has 6 heteroatoms. The standard InChI is InChI=1S/C24H29N3O2S/c1-18-11-12-21(29-18)23-25-19(2)22(30-23)24(28)27-15-7-14-26(16-17-27)13-6-10-20-8-4-3-5-9-20/h3-5,8-9,11-12H,6-7,10,13-17H2,1-2H3. The first-order valence-electron chi connectivity index (χ1n) is 10.7. The molecule has 1 aliphatic rings. The second-order valence-corrected chi connectivity index (χ2v) is 8.92. The van der Waals surface area contributed by atoms with Crippen molar-refractivity contribution in [3.8, 4) is 10.8 Å². The molecule has 1 amide bonds. The maximum atomic E-state index is 13.2. The lowest BCUT2D eigenvalue weighted by molar-refractivity contribution is 0.0765. The average molecular weight is 424 g/mol. The first kappa shape index (κ1) is 20.8. The van der Waals surface area contributed by atoms with Crippen LogP contribution in [0.15, 0.2) is 46.9 Å². The molecule has 2 aromatic heterocycles. The lowest BCUT2D eigenvalue weighted by Gasteiger charge is -2.21. The topological polar surface area (TPSA) is 49.6 Å². The van der Waals surface area contributed by atoms with Crippen LogP contribution in [-0.4, -0.2) is 53.4 Å². The minimum absolute atomic E-state index is 0.102. The van der Waals surface area contributed by atoms with E-state index in [9.17, 15) is 4.79 Å². The molecular formula is C24H29N3O2S. The van der Waals surface area contributed by atoms with Crippen LogP contribution in [0.2, 0.25) is 0 Å². The van der Waals surface area contributed by atoms with E-state index in [2.05, 4.69) is 40.2 Å². The molecular weight excluding hydrogens is 394 g/mol. The summed E-state index contributed by atoms with van der Waals surface area (Å²) in [6.45, 7) is 8.48. The summed E-state index contributed by atoms with van der Waals surface area (Å²) in [6.07, 6.45) is 3.27. The molecule has 0 atom stereocenters. The molecule has 4 rings (SSSR count). The molecule has 1 aliphatic heterocycles. The van der Waals surface area contributed by atoms with Gasteiger partial charge in [0, 0.05) is 19.6 Å². The SMILES string of the molecule is Cc1ccc(-c2nc(C)c(C(=O)N3CCCN(CCCc4ccccc4)CC3)s2)o1. The molecule has 1 fully saturated rings. The van der Waals surface area contributed by atoms with Crippen molar-refractivity contribution in [1.82, 2.24) is 14.8 Å². The van der Waals surface area contributed by atoms with E-state index >= 15 is 0 Å². The minimum atomic E-state index is 0.102. The number of benzene rings is 1. The Morgan fingerprint density at radius 1 is 1.07 bits per heavy atom. The fourth-order valence-electron chi connectivity index (χ4n) is 3.94. The molecule has 5 nitrogen and oxygen atoms in total. The summed E-state index contributed by atoms with van der Waals surface area (Å²) in [4.78, 5) is 23.0. The number of hydrogen-bond acceptors (Lipinski definition) is 5. The van der Waals surface area contributed by atoms with Gasteiger partial charge >= 0.3 is 0 Å². The zero-order valence-corrected chi connectivity index (χ0v) is 18.6. The Morgan fingerprint density at radius 3 is 2.67 bits per heavy atom. The van der Waals surface area contributed by atoms with Gasteiger partial charge in [0.1, 0.15) is 10.6 Å². The van der Waals surface area contributed by atoms with Crippen molar-refractivity contribution >= 4 is 17.2 Å². The van der Waals surface area contributed by atoms with Gasteiger partial charge in [-0.1, -0.05) is 30.3 Å². The van der Waals surface area contributed by atoms with Crippen LogP contribution >= 0.6 is 11.3 Å². The van der Waals surface area contributed by atoms with Crippen LogP contribution in [0.5, 0.6) is 0 Å². The number of hydrogen-bond donors (Lipinski definition) is 0. The van der Waals surface area contributed by atoms with E-state index in [-0.39, 0.29) is 5.91 Å². The highest BCUT2D eigenvalue weighted by Gasteiger charge is 2.24. The lowest BCUT2D eigenvalue weighted by atomic mass is 10.1. The molecule has 3 aromatic rings. The van der Waals surface area contributed by atoms with Gasteiger partial charge < -0.3 is 14.2 Å². The summed E-state index contributed by atoms with van der Waals surface area (Å²) in [6, 6.07) is 14.5. The lowest BCUT2D eigenvalue weighted by Crippen LogP contribution is -2.35. The monoisotopic (exact) mass is 423 g/mol. The molecule has 158 valence electrons. The number of aryl methyl sites for hydroxylation is 3. The zero-order chi connectivity index (χ0) is 20.9. The third-order valence-electron chi connectivity index (χ3n) is 5.60. The molecule has 1 aromatic carbocycles. The van der Waals surface area contributed by atoms with Gasteiger partial charge in [-0.25, -0.2) is 4.98 Å². The molecule has 0 radical (unpaired) electrons. The van der Waals surface area contributed by atoms with Crippen LogP contribution < -0.4 is 0 Å². The van der Waals surface area contributed by atoms with Gasteiger partial charge in [0.05, 0.1) is 5.69 Å². The third-order valence-corrected chi connectivity index (χ3v) is 6.76. The van der Waals surface area contributed by atoms with Crippen LogP contribution in [0.1, 0.15) is 39.5 Å². The third kappa shape index (κ3) is 4.99. The van der Waals surface area contributed by atoms with E-state index in [4.69, 9.17) is 4.42 Å². The molecule has 0 bridgehead atoms. The van der Waals surface area contributed by atoms with Crippen molar-refractivity contribution in [3.05, 3.63) is 64.4 Å². The van der Waals surface area contributed by atoms with Gasteiger partial charge in [0.25, 0.3) is 5.91 Å². The van der Waals surface area contributed by atoms with Crippen LogP contribution in [0.4, 0.5) is 0 Å². The highest BCUT2D eigenvalue weighted by molar-refractivity contribution is 7.17. The first-order chi connectivity index (χ1) is 14.6. The van der Waals surface area contributed by atoms with Crippen molar-refractivity contribution < 1.29 is 9.21 Å².